The number of aromatic nitrogens is 1. The van der Waals surface area contributed by atoms with E-state index in [9.17, 15) is 4.39 Å². The lowest BCUT2D eigenvalue weighted by atomic mass is 9.89. The first-order valence-electron chi connectivity index (χ1n) is 8.91. The van der Waals surface area contributed by atoms with E-state index in [4.69, 9.17) is 10.2 Å². The van der Waals surface area contributed by atoms with Crippen LogP contribution in [0.25, 0.3) is 11.3 Å². The maximum absolute atomic E-state index is 13.9. The molecule has 0 spiro atoms. The summed E-state index contributed by atoms with van der Waals surface area (Å²) in [4.78, 5) is 6.65. The normalized spacial score (nSPS) is 20.5. The highest BCUT2D eigenvalue weighted by molar-refractivity contribution is 5.56. The molecule has 2 atom stereocenters. The molecule has 1 aliphatic heterocycles. The van der Waals surface area contributed by atoms with Gasteiger partial charge in [-0.1, -0.05) is 42.5 Å². The zero-order chi connectivity index (χ0) is 17.9. The van der Waals surface area contributed by atoms with Gasteiger partial charge in [-0.05, 0) is 30.2 Å². The van der Waals surface area contributed by atoms with Crippen LogP contribution in [-0.4, -0.2) is 29.5 Å². The van der Waals surface area contributed by atoms with Crippen LogP contribution < -0.4 is 5.73 Å². The number of hydrogen-bond acceptors (Lipinski definition) is 4. The van der Waals surface area contributed by atoms with Gasteiger partial charge in [-0.3, -0.25) is 4.90 Å². The lowest BCUT2D eigenvalue weighted by Gasteiger charge is -2.16. The number of likely N-dealkylation sites (tertiary alicyclic amines) is 1. The Bertz CT molecular complexity index is 864. The highest BCUT2D eigenvalue weighted by Gasteiger charge is 2.33. The number of hydrogen-bond donors (Lipinski definition) is 1. The monoisotopic (exact) mass is 351 g/mol. The van der Waals surface area contributed by atoms with Gasteiger partial charge in [0.1, 0.15) is 5.82 Å². The summed E-state index contributed by atoms with van der Waals surface area (Å²) in [5.41, 5.74) is 7.77. The highest BCUT2D eigenvalue weighted by Crippen LogP contribution is 2.33. The molecule has 1 aromatic heterocycles. The van der Waals surface area contributed by atoms with E-state index < -0.39 is 0 Å². The number of halogens is 1. The van der Waals surface area contributed by atoms with Gasteiger partial charge in [-0.25, -0.2) is 9.37 Å². The van der Waals surface area contributed by atoms with Gasteiger partial charge in [0.25, 0.3) is 0 Å². The van der Waals surface area contributed by atoms with Crippen LogP contribution in [0.3, 0.4) is 0 Å². The van der Waals surface area contributed by atoms with Gasteiger partial charge in [-0.2, -0.15) is 0 Å². The standard InChI is InChI=1S/C21H22FN3O/c22-19-9-5-4-8-17(19)20-11-24-21(26-20)14-25-12-16(10-23)18(13-25)15-6-2-1-3-7-15/h1-9,11,16,18H,10,12-14,23H2/t16-,18+/m1/s1. The minimum absolute atomic E-state index is 0.302. The van der Waals surface area contributed by atoms with Crippen molar-refractivity contribution in [2.75, 3.05) is 19.6 Å². The zero-order valence-corrected chi connectivity index (χ0v) is 14.5. The van der Waals surface area contributed by atoms with Crippen molar-refractivity contribution in [3.63, 3.8) is 0 Å². The van der Waals surface area contributed by atoms with Gasteiger partial charge >= 0.3 is 0 Å². The zero-order valence-electron chi connectivity index (χ0n) is 14.5. The number of benzene rings is 2. The van der Waals surface area contributed by atoms with Crippen LogP contribution in [0.1, 0.15) is 17.4 Å². The number of rotatable bonds is 5. The molecule has 134 valence electrons. The second-order valence-electron chi connectivity index (χ2n) is 6.81. The minimum atomic E-state index is -0.302. The first kappa shape index (κ1) is 16.9. The Morgan fingerprint density at radius 1 is 1.08 bits per heavy atom. The van der Waals surface area contributed by atoms with Crippen molar-refractivity contribution in [1.82, 2.24) is 9.88 Å². The summed E-state index contributed by atoms with van der Waals surface area (Å²) in [5.74, 6) is 1.60. The van der Waals surface area contributed by atoms with E-state index >= 15 is 0 Å². The maximum atomic E-state index is 13.9. The predicted octanol–water partition coefficient (Wildman–Crippen LogP) is 3.66. The lowest BCUT2D eigenvalue weighted by molar-refractivity contribution is 0.281. The molecule has 3 aromatic rings. The maximum Gasteiger partial charge on any atom is 0.209 e. The predicted molar refractivity (Wildman–Crippen MR) is 98.9 cm³/mol. The average Bonchev–Trinajstić information content (AvgIpc) is 3.30. The Labute approximate surface area is 152 Å². The summed E-state index contributed by atoms with van der Waals surface area (Å²) in [6.45, 7) is 3.09. The van der Waals surface area contributed by atoms with Crippen molar-refractivity contribution in [2.24, 2.45) is 11.7 Å². The molecular weight excluding hydrogens is 329 g/mol. The van der Waals surface area contributed by atoms with Crippen LogP contribution in [0.5, 0.6) is 0 Å². The molecule has 1 saturated heterocycles. The minimum Gasteiger partial charge on any atom is -0.439 e. The van der Waals surface area contributed by atoms with Gasteiger partial charge in [0.15, 0.2) is 5.76 Å². The number of nitrogens with zero attached hydrogens (tertiary/aromatic N) is 2. The van der Waals surface area contributed by atoms with Gasteiger partial charge in [-0.15, -0.1) is 0 Å². The highest BCUT2D eigenvalue weighted by atomic mass is 19.1. The third-order valence-electron chi connectivity index (χ3n) is 5.10. The Balaban J connectivity index is 1.48. The Morgan fingerprint density at radius 3 is 2.62 bits per heavy atom. The quantitative estimate of drug-likeness (QED) is 0.762. The lowest BCUT2D eigenvalue weighted by Crippen LogP contribution is -2.23. The van der Waals surface area contributed by atoms with E-state index in [0.29, 0.717) is 42.1 Å². The summed E-state index contributed by atoms with van der Waals surface area (Å²) in [7, 11) is 0. The van der Waals surface area contributed by atoms with Crippen molar-refractivity contribution >= 4 is 0 Å². The van der Waals surface area contributed by atoms with E-state index in [1.54, 1.807) is 24.4 Å². The van der Waals surface area contributed by atoms with Crippen LogP contribution in [0, 0.1) is 11.7 Å². The van der Waals surface area contributed by atoms with Gasteiger partial charge in [0.2, 0.25) is 5.89 Å². The molecule has 1 aliphatic rings. The molecule has 0 unspecified atom stereocenters. The molecule has 0 saturated carbocycles. The Morgan fingerprint density at radius 2 is 1.85 bits per heavy atom. The van der Waals surface area contributed by atoms with Crippen LogP contribution in [0.2, 0.25) is 0 Å². The molecule has 0 bridgehead atoms. The van der Waals surface area contributed by atoms with Crippen LogP contribution in [0.4, 0.5) is 4.39 Å². The molecule has 2 N–H and O–H groups in total. The number of nitrogens with two attached hydrogens (primary N) is 1. The molecule has 2 aromatic carbocycles. The third kappa shape index (κ3) is 3.41. The molecular formula is C21H22FN3O. The Kier molecular flexibility index (Phi) is 4.82. The van der Waals surface area contributed by atoms with Crippen molar-refractivity contribution < 1.29 is 8.81 Å². The second-order valence-corrected chi connectivity index (χ2v) is 6.81. The fraction of sp³-hybridized carbons (Fsp3) is 0.286. The van der Waals surface area contributed by atoms with Crippen LogP contribution >= 0.6 is 0 Å². The summed E-state index contributed by atoms with van der Waals surface area (Å²) < 4.78 is 19.7. The van der Waals surface area contributed by atoms with Crippen molar-refractivity contribution in [3.8, 4) is 11.3 Å². The summed E-state index contributed by atoms with van der Waals surface area (Å²) >= 11 is 0. The topological polar surface area (TPSA) is 55.3 Å². The molecule has 2 heterocycles. The fourth-order valence-corrected chi connectivity index (χ4v) is 3.77. The van der Waals surface area contributed by atoms with E-state index in [1.807, 2.05) is 6.07 Å². The smallest absolute Gasteiger partial charge is 0.209 e. The molecule has 0 radical (unpaired) electrons. The summed E-state index contributed by atoms with van der Waals surface area (Å²) in [6, 6.07) is 17.1. The fourth-order valence-electron chi connectivity index (χ4n) is 3.77. The SMILES string of the molecule is NC[C@@H]1CN(Cc2ncc(-c3ccccc3F)o2)C[C@H]1c1ccccc1. The van der Waals surface area contributed by atoms with Gasteiger partial charge < -0.3 is 10.2 Å². The summed E-state index contributed by atoms with van der Waals surface area (Å²) in [5, 5.41) is 0. The van der Waals surface area contributed by atoms with E-state index in [2.05, 4.69) is 34.1 Å². The molecule has 4 nitrogen and oxygen atoms in total. The van der Waals surface area contributed by atoms with Crippen LogP contribution in [0.15, 0.2) is 65.2 Å². The van der Waals surface area contributed by atoms with Gasteiger partial charge in [0, 0.05) is 19.0 Å². The largest absolute Gasteiger partial charge is 0.439 e. The second kappa shape index (κ2) is 7.40. The average molecular weight is 351 g/mol. The molecule has 26 heavy (non-hydrogen) atoms. The van der Waals surface area contributed by atoms with E-state index in [-0.39, 0.29) is 5.82 Å². The van der Waals surface area contributed by atoms with Crippen molar-refractivity contribution in [1.29, 1.82) is 0 Å². The molecule has 0 amide bonds. The van der Waals surface area contributed by atoms with E-state index in [0.717, 1.165) is 13.1 Å². The van der Waals surface area contributed by atoms with Crippen molar-refractivity contribution in [2.45, 2.75) is 12.5 Å². The van der Waals surface area contributed by atoms with Crippen molar-refractivity contribution in [3.05, 3.63) is 78.1 Å². The first-order chi connectivity index (χ1) is 12.7. The van der Waals surface area contributed by atoms with E-state index in [1.165, 1.54) is 11.6 Å². The molecule has 1 fully saturated rings. The molecule has 0 aliphatic carbocycles. The first-order valence-corrected chi connectivity index (χ1v) is 8.91. The van der Waals surface area contributed by atoms with Crippen LogP contribution in [-0.2, 0) is 6.54 Å². The third-order valence-corrected chi connectivity index (χ3v) is 5.10. The molecule has 4 rings (SSSR count). The number of oxazole rings is 1. The molecule has 5 heteroatoms. The van der Waals surface area contributed by atoms with Gasteiger partial charge in [0.05, 0.1) is 18.3 Å². The summed E-state index contributed by atoms with van der Waals surface area (Å²) in [6.07, 6.45) is 1.60. The Hall–Kier alpha value is -2.50.